The van der Waals surface area contributed by atoms with Gasteiger partial charge in [-0.05, 0) is 52.7 Å². The summed E-state index contributed by atoms with van der Waals surface area (Å²) in [5.74, 6) is 0.519. The maximum absolute atomic E-state index is 10.4. The Morgan fingerprint density at radius 1 is 1.00 bits per heavy atom. The van der Waals surface area contributed by atoms with Crippen LogP contribution in [0.3, 0.4) is 0 Å². The summed E-state index contributed by atoms with van der Waals surface area (Å²) in [6, 6.07) is 6.66. The van der Waals surface area contributed by atoms with Crippen LogP contribution in [0.25, 0.3) is 0 Å². The lowest BCUT2D eigenvalue weighted by atomic mass is 9.63. The first-order valence-electron chi connectivity index (χ1n) is 7.96. The molecule has 1 atom stereocenters. The maximum Gasteiger partial charge on any atom is 0.0792 e. The first-order chi connectivity index (χ1) is 9.13. The molecule has 1 unspecified atom stereocenters. The van der Waals surface area contributed by atoms with Gasteiger partial charge in [-0.1, -0.05) is 59.7 Å². The molecule has 0 spiro atoms. The largest absolute Gasteiger partial charge is 0.388 e. The van der Waals surface area contributed by atoms with Crippen molar-refractivity contribution in [3.05, 3.63) is 34.9 Å². The number of benzene rings is 1. The quantitative estimate of drug-likeness (QED) is 0.811. The molecule has 1 nitrogen and oxygen atoms in total. The maximum atomic E-state index is 10.4. The molecule has 0 amide bonds. The van der Waals surface area contributed by atoms with Gasteiger partial charge in [0.05, 0.1) is 6.10 Å². The van der Waals surface area contributed by atoms with E-state index in [0.29, 0.717) is 5.92 Å². The smallest absolute Gasteiger partial charge is 0.0792 e. The van der Waals surface area contributed by atoms with E-state index in [1.54, 1.807) is 0 Å². The van der Waals surface area contributed by atoms with Crippen molar-refractivity contribution in [2.24, 2.45) is 5.92 Å². The average Bonchev–Trinajstić information content (AvgIpc) is 2.34. The summed E-state index contributed by atoms with van der Waals surface area (Å²) in [5, 5.41) is 10.4. The van der Waals surface area contributed by atoms with E-state index >= 15 is 0 Å². The molecule has 1 aliphatic rings. The van der Waals surface area contributed by atoms with Gasteiger partial charge in [0.25, 0.3) is 0 Å². The molecular formula is C19H30O. The van der Waals surface area contributed by atoms with Crippen LogP contribution in [0.1, 0.15) is 83.6 Å². The van der Waals surface area contributed by atoms with Gasteiger partial charge in [0.2, 0.25) is 0 Å². The van der Waals surface area contributed by atoms with E-state index in [-0.39, 0.29) is 16.9 Å². The minimum absolute atomic E-state index is 0.221. The molecule has 1 N–H and O–H groups in total. The van der Waals surface area contributed by atoms with Crippen LogP contribution in [-0.2, 0) is 10.8 Å². The van der Waals surface area contributed by atoms with Gasteiger partial charge >= 0.3 is 0 Å². The van der Waals surface area contributed by atoms with Crippen molar-refractivity contribution < 1.29 is 5.11 Å². The molecule has 1 aromatic carbocycles. The number of hydrogen-bond donors (Lipinski definition) is 1. The van der Waals surface area contributed by atoms with Crippen molar-refractivity contribution in [2.45, 2.75) is 77.7 Å². The van der Waals surface area contributed by atoms with E-state index in [1.165, 1.54) is 24.0 Å². The fourth-order valence-electron chi connectivity index (χ4n) is 3.40. The molecule has 0 heterocycles. The van der Waals surface area contributed by atoms with E-state index < -0.39 is 0 Å². The minimum atomic E-state index is -0.332. The number of aliphatic hydroxyl groups excluding tert-OH is 1. The number of fused-ring (bicyclic) bond motifs is 1. The topological polar surface area (TPSA) is 20.2 Å². The monoisotopic (exact) mass is 274 g/mol. The van der Waals surface area contributed by atoms with Crippen LogP contribution in [0.4, 0.5) is 0 Å². The predicted molar refractivity (Wildman–Crippen MR) is 86.1 cm³/mol. The molecule has 20 heavy (non-hydrogen) atoms. The molecule has 112 valence electrons. The molecule has 0 saturated carbocycles. The van der Waals surface area contributed by atoms with E-state index in [9.17, 15) is 5.11 Å². The Bertz CT molecular complexity index is 483. The third-order valence-corrected chi connectivity index (χ3v) is 4.96. The summed E-state index contributed by atoms with van der Waals surface area (Å²) >= 11 is 0. The van der Waals surface area contributed by atoms with Crippen LogP contribution in [0, 0.1) is 5.92 Å². The predicted octanol–water partition coefficient (Wildman–Crippen LogP) is 5.12. The summed E-state index contributed by atoms with van der Waals surface area (Å²) in [4.78, 5) is 0. The normalized spacial score (nSPS) is 21.6. The zero-order chi connectivity index (χ0) is 15.1. The van der Waals surface area contributed by atoms with Gasteiger partial charge in [-0.25, -0.2) is 0 Å². The Balaban J connectivity index is 2.43. The summed E-state index contributed by atoms with van der Waals surface area (Å²) < 4.78 is 0. The van der Waals surface area contributed by atoms with E-state index in [2.05, 4.69) is 59.7 Å². The molecule has 1 aliphatic carbocycles. The van der Waals surface area contributed by atoms with Crippen molar-refractivity contribution >= 4 is 0 Å². The molecule has 0 aliphatic heterocycles. The lowest BCUT2D eigenvalue weighted by Gasteiger charge is -2.42. The molecule has 0 saturated heterocycles. The van der Waals surface area contributed by atoms with E-state index in [0.717, 1.165) is 12.0 Å². The number of aliphatic hydroxyl groups is 1. The second-order valence-electron chi connectivity index (χ2n) is 8.22. The van der Waals surface area contributed by atoms with Gasteiger partial charge < -0.3 is 5.11 Å². The third-order valence-electron chi connectivity index (χ3n) is 4.96. The summed E-state index contributed by atoms with van der Waals surface area (Å²) in [6.07, 6.45) is 2.96. The first-order valence-corrected chi connectivity index (χ1v) is 7.96. The summed E-state index contributed by atoms with van der Waals surface area (Å²) in [5.41, 5.74) is 4.47. The van der Waals surface area contributed by atoms with Crippen molar-refractivity contribution in [1.82, 2.24) is 0 Å². The van der Waals surface area contributed by atoms with Gasteiger partial charge in [-0.3, -0.25) is 0 Å². The van der Waals surface area contributed by atoms with Crippen molar-refractivity contribution in [2.75, 3.05) is 0 Å². The Labute approximate surface area is 124 Å². The highest BCUT2D eigenvalue weighted by Crippen LogP contribution is 2.46. The summed E-state index contributed by atoms with van der Waals surface area (Å²) in [6.45, 7) is 13.7. The summed E-state index contributed by atoms with van der Waals surface area (Å²) in [7, 11) is 0. The van der Waals surface area contributed by atoms with Crippen LogP contribution < -0.4 is 0 Å². The number of rotatable bonds is 3. The van der Waals surface area contributed by atoms with Crippen molar-refractivity contribution in [1.29, 1.82) is 0 Å². The van der Waals surface area contributed by atoms with Crippen molar-refractivity contribution in [3.8, 4) is 0 Å². The fourth-order valence-corrected chi connectivity index (χ4v) is 3.40. The molecule has 0 radical (unpaired) electrons. The van der Waals surface area contributed by atoms with E-state index in [4.69, 9.17) is 0 Å². The molecule has 2 rings (SSSR count). The second kappa shape index (κ2) is 5.18. The lowest BCUT2D eigenvalue weighted by Crippen LogP contribution is -2.34. The van der Waals surface area contributed by atoms with Gasteiger partial charge in [-0.15, -0.1) is 0 Å². The highest BCUT2D eigenvalue weighted by Gasteiger charge is 2.37. The highest BCUT2D eigenvalue weighted by molar-refractivity contribution is 5.44. The number of hydrogen-bond acceptors (Lipinski definition) is 1. The van der Waals surface area contributed by atoms with Crippen LogP contribution >= 0.6 is 0 Å². The molecule has 0 fully saturated rings. The Kier molecular flexibility index (Phi) is 4.03. The standard InChI is InChI=1S/C19H30O/c1-13(2)11-17(20)14-7-8-15-16(12-14)19(5,6)10-9-18(15,3)4/h7-8,12-13,17,20H,9-11H2,1-6H3. The first kappa shape index (κ1) is 15.6. The molecule has 1 heteroatoms. The Morgan fingerprint density at radius 3 is 2.10 bits per heavy atom. The molecular weight excluding hydrogens is 244 g/mol. The fraction of sp³-hybridized carbons (Fsp3) is 0.684. The molecule has 1 aromatic rings. The van der Waals surface area contributed by atoms with Gasteiger partial charge in [0.1, 0.15) is 0 Å². The Morgan fingerprint density at radius 2 is 1.55 bits per heavy atom. The van der Waals surface area contributed by atoms with E-state index in [1.807, 2.05) is 0 Å². The molecule has 0 aromatic heterocycles. The zero-order valence-electron chi connectivity index (χ0n) is 14.0. The van der Waals surface area contributed by atoms with Gasteiger partial charge in [0, 0.05) is 0 Å². The van der Waals surface area contributed by atoms with Gasteiger partial charge in [-0.2, -0.15) is 0 Å². The third kappa shape index (κ3) is 2.93. The Hall–Kier alpha value is -0.820. The van der Waals surface area contributed by atoms with Crippen molar-refractivity contribution in [3.63, 3.8) is 0 Å². The average molecular weight is 274 g/mol. The molecule has 0 bridgehead atoms. The zero-order valence-corrected chi connectivity index (χ0v) is 14.0. The highest BCUT2D eigenvalue weighted by atomic mass is 16.3. The SMILES string of the molecule is CC(C)CC(O)c1ccc2c(c1)C(C)(C)CCC2(C)C. The second-order valence-corrected chi connectivity index (χ2v) is 8.22. The van der Waals surface area contributed by atoms with Crippen LogP contribution in [0.5, 0.6) is 0 Å². The lowest BCUT2D eigenvalue weighted by molar-refractivity contribution is 0.150. The van der Waals surface area contributed by atoms with Crippen LogP contribution in [0.15, 0.2) is 18.2 Å². The van der Waals surface area contributed by atoms with Crippen LogP contribution in [0.2, 0.25) is 0 Å². The minimum Gasteiger partial charge on any atom is -0.388 e. The van der Waals surface area contributed by atoms with Gasteiger partial charge in [0.15, 0.2) is 0 Å². The van der Waals surface area contributed by atoms with Crippen LogP contribution in [-0.4, -0.2) is 5.11 Å².